The maximum absolute atomic E-state index is 13.3. The number of methoxy groups -OCH3 is 1. The quantitative estimate of drug-likeness (QED) is 0.785. The molecule has 0 spiro atoms. The minimum absolute atomic E-state index is 0.0641. The number of aryl methyl sites for hydroxylation is 1. The second-order valence-corrected chi connectivity index (χ2v) is 3.94. The standard InChI is InChI=1S/C12H9ClF2N2O/c1-6-10(15)11(13)17-12(16-6)7-3-4-8(14)9(5-7)18-2/h3-5H,1-2H3. The normalized spacial score (nSPS) is 10.5. The van der Waals surface area contributed by atoms with E-state index in [0.29, 0.717) is 5.56 Å². The van der Waals surface area contributed by atoms with E-state index in [4.69, 9.17) is 16.3 Å². The van der Waals surface area contributed by atoms with E-state index < -0.39 is 11.6 Å². The van der Waals surface area contributed by atoms with Gasteiger partial charge in [0.1, 0.15) is 0 Å². The molecule has 1 heterocycles. The lowest BCUT2D eigenvalue weighted by Crippen LogP contribution is -1.98. The van der Waals surface area contributed by atoms with Crippen molar-refractivity contribution in [3.05, 3.63) is 40.7 Å². The summed E-state index contributed by atoms with van der Waals surface area (Å²) in [5.41, 5.74) is 0.631. The molecule has 94 valence electrons. The van der Waals surface area contributed by atoms with Crippen LogP contribution in [0, 0.1) is 18.6 Å². The van der Waals surface area contributed by atoms with Crippen LogP contribution in [0.25, 0.3) is 11.4 Å². The van der Waals surface area contributed by atoms with Crippen molar-refractivity contribution in [2.75, 3.05) is 7.11 Å². The lowest BCUT2D eigenvalue weighted by atomic mass is 10.2. The average Bonchev–Trinajstić information content (AvgIpc) is 2.36. The summed E-state index contributed by atoms with van der Waals surface area (Å²) in [6, 6.07) is 4.13. The maximum Gasteiger partial charge on any atom is 0.181 e. The van der Waals surface area contributed by atoms with Gasteiger partial charge < -0.3 is 4.74 Å². The number of ether oxygens (including phenoxy) is 1. The van der Waals surface area contributed by atoms with Crippen molar-refractivity contribution in [1.29, 1.82) is 0 Å². The molecule has 18 heavy (non-hydrogen) atoms. The summed E-state index contributed by atoms with van der Waals surface area (Å²) in [5.74, 6) is -0.868. The van der Waals surface area contributed by atoms with Gasteiger partial charge >= 0.3 is 0 Å². The SMILES string of the molecule is COc1cc(-c2nc(C)c(F)c(Cl)n2)ccc1F. The van der Waals surface area contributed by atoms with Gasteiger partial charge in [-0.15, -0.1) is 0 Å². The van der Waals surface area contributed by atoms with Crippen molar-refractivity contribution >= 4 is 11.6 Å². The minimum Gasteiger partial charge on any atom is -0.494 e. The summed E-state index contributed by atoms with van der Waals surface area (Å²) in [6.45, 7) is 1.48. The van der Waals surface area contributed by atoms with Crippen molar-refractivity contribution in [3.8, 4) is 17.1 Å². The van der Waals surface area contributed by atoms with Crippen LogP contribution in [-0.2, 0) is 0 Å². The Labute approximate surface area is 107 Å². The maximum atomic E-state index is 13.3. The van der Waals surface area contributed by atoms with Crippen LogP contribution in [-0.4, -0.2) is 17.1 Å². The molecule has 0 unspecified atom stereocenters. The number of hydrogen-bond acceptors (Lipinski definition) is 3. The summed E-state index contributed by atoms with van der Waals surface area (Å²) in [5, 5.41) is -0.263. The van der Waals surface area contributed by atoms with E-state index in [2.05, 4.69) is 9.97 Å². The fourth-order valence-corrected chi connectivity index (χ4v) is 1.67. The molecule has 0 aliphatic carbocycles. The van der Waals surface area contributed by atoms with Gasteiger partial charge in [-0.2, -0.15) is 0 Å². The smallest absolute Gasteiger partial charge is 0.181 e. The second-order valence-electron chi connectivity index (χ2n) is 3.59. The van der Waals surface area contributed by atoms with E-state index in [0.717, 1.165) is 0 Å². The van der Waals surface area contributed by atoms with Crippen molar-refractivity contribution < 1.29 is 13.5 Å². The molecule has 0 fully saturated rings. The van der Waals surface area contributed by atoms with Crippen LogP contribution in [0.3, 0.4) is 0 Å². The van der Waals surface area contributed by atoms with Gasteiger partial charge in [-0.05, 0) is 25.1 Å². The van der Waals surface area contributed by atoms with E-state index in [1.165, 1.54) is 32.2 Å². The van der Waals surface area contributed by atoms with Gasteiger partial charge in [-0.1, -0.05) is 11.6 Å². The van der Waals surface area contributed by atoms with Crippen LogP contribution < -0.4 is 4.74 Å². The highest BCUT2D eigenvalue weighted by Gasteiger charge is 2.12. The molecule has 0 saturated carbocycles. The fraction of sp³-hybridized carbons (Fsp3) is 0.167. The second kappa shape index (κ2) is 4.86. The Morgan fingerprint density at radius 3 is 2.56 bits per heavy atom. The minimum atomic E-state index is -0.658. The fourth-order valence-electron chi connectivity index (χ4n) is 1.45. The van der Waals surface area contributed by atoms with E-state index in [1.54, 1.807) is 0 Å². The number of hydrogen-bond donors (Lipinski definition) is 0. The van der Waals surface area contributed by atoms with Crippen LogP contribution >= 0.6 is 11.6 Å². The van der Waals surface area contributed by atoms with E-state index in [-0.39, 0.29) is 22.4 Å². The summed E-state index contributed by atoms with van der Waals surface area (Å²) in [7, 11) is 1.35. The highest BCUT2D eigenvalue weighted by Crippen LogP contribution is 2.26. The van der Waals surface area contributed by atoms with Crippen molar-refractivity contribution in [1.82, 2.24) is 9.97 Å². The Morgan fingerprint density at radius 1 is 1.22 bits per heavy atom. The molecule has 0 radical (unpaired) electrons. The van der Waals surface area contributed by atoms with E-state index >= 15 is 0 Å². The van der Waals surface area contributed by atoms with Crippen LogP contribution in [0.2, 0.25) is 5.15 Å². The first kappa shape index (κ1) is 12.7. The Kier molecular flexibility index (Phi) is 3.43. The van der Waals surface area contributed by atoms with Gasteiger partial charge in [-0.25, -0.2) is 18.7 Å². The molecule has 1 aromatic heterocycles. The third-order valence-electron chi connectivity index (χ3n) is 2.39. The average molecular weight is 271 g/mol. The molecule has 2 rings (SSSR count). The van der Waals surface area contributed by atoms with Gasteiger partial charge in [0.15, 0.2) is 28.4 Å². The monoisotopic (exact) mass is 270 g/mol. The Bertz CT molecular complexity index is 582. The van der Waals surface area contributed by atoms with Gasteiger partial charge in [0.05, 0.1) is 12.8 Å². The molecule has 6 heteroatoms. The number of halogens is 3. The number of rotatable bonds is 2. The first-order valence-corrected chi connectivity index (χ1v) is 5.44. The summed E-state index contributed by atoms with van der Waals surface area (Å²) < 4.78 is 31.4. The summed E-state index contributed by atoms with van der Waals surface area (Å²) in [4.78, 5) is 7.77. The van der Waals surface area contributed by atoms with E-state index in [1.807, 2.05) is 0 Å². The lowest BCUT2D eigenvalue weighted by molar-refractivity contribution is 0.386. The van der Waals surface area contributed by atoms with E-state index in [9.17, 15) is 8.78 Å². The number of aromatic nitrogens is 2. The Balaban J connectivity index is 2.55. The predicted molar refractivity (Wildman–Crippen MR) is 63.7 cm³/mol. The first-order valence-electron chi connectivity index (χ1n) is 5.06. The van der Waals surface area contributed by atoms with Crippen molar-refractivity contribution in [3.63, 3.8) is 0 Å². The lowest BCUT2D eigenvalue weighted by Gasteiger charge is -2.06. The van der Waals surface area contributed by atoms with Crippen LogP contribution in [0.4, 0.5) is 8.78 Å². The zero-order valence-electron chi connectivity index (χ0n) is 9.67. The van der Waals surface area contributed by atoms with Gasteiger partial charge in [0.2, 0.25) is 0 Å². The zero-order valence-corrected chi connectivity index (χ0v) is 10.4. The molecular formula is C12H9ClF2N2O. The molecule has 0 saturated heterocycles. The van der Waals surface area contributed by atoms with Crippen LogP contribution in [0.15, 0.2) is 18.2 Å². The molecule has 1 aromatic carbocycles. The third kappa shape index (κ3) is 2.26. The summed E-state index contributed by atoms with van der Waals surface area (Å²) in [6.07, 6.45) is 0. The third-order valence-corrected chi connectivity index (χ3v) is 2.64. The predicted octanol–water partition coefficient (Wildman–Crippen LogP) is 3.39. The Morgan fingerprint density at radius 2 is 1.94 bits per heavy atom. The highest BCUT2D eigenvalue weighted by atomic mass is 35.5. The molecule has 0 bridgehead atoms. The first-order chi connectivity index (χ1) is 8.52. The molecule has 0 aliphatic heterocycles. The van der Waals surface area contributed by atoms with Gasteiger partial charge in [0.25, 0.3) is 0 Å². The molecule has 0 amide bonds. The molecular weight excluding hydrogens is 262 g/mol. The van der Waals surface area contributed by atoms with Crippen molar-refractivity contribution in [2.45, 2.75) is 6.92 Å². The van der Waals surface area contributed by atoms with Crippen molar-refractivity contribution in [2.24, 2.45) is 0 Å². The molecule has 0 aliphatic rings. The molecule has 2 aromatic rings. The molecule has 3 nitrogen and oxygen atoms in total. The van der Waals surface area contributed by atoms with Gasteiger partial charge in [-0.3, -0.25) is 0 Å². The topological polar surface area (TPSA) is 35.0 Å². The summed E-state index contributed by atoms with van der Waals surface area (Å²) >= 11 is 5.64. The number of benzene rings is 1. The van der Waals surface area contributed by atoms with Crippen LogP contribution in [0.1, 0.15) is 5.69 Å². The molecule has 0 atom stereocenters. The Hall–Kier alpha value is -1.75. The largest absolute Gasteiger partial charge is 0.494 e. The zero-order chi connectivity index (χ0) is 13.3. The molecule has 0 N–H and O–H groups in total. The number of nitrogens with zero attached hydrogens (tertiary/aromatic N) is 2. The van der Waals surface area contributed by atoms with Crippen LogP contribution in [0.5, 0.6) is 5.75 Å². The highest BCUT2D eigenvalue weighted by molar-refractivity contribution is 6.29. The van der Waals surface area contributed by atoms with Gasteiger partial charge in [0, 0.05) is 5.56 Å².